The van der Waals surface area contributed by atoms with Crippen LogP contribution in [0.1, 0.15) is 5.56 Å². The van der Waals surface area contributed by atoms with Crippen molar-refractivity contribution < 1.29 is 0 Å². The summed E-state index contributed by atoms with van der Waals surface area (Å²) in [5.41, 5.74) is 7.09. The first-order chi connectivity index (χ1) is 6.20. The number of thiophene rings is 1. The molecule has 0 aliphatic rings. The van der Waals surface area contributed by atoms with Crippen molar-refractivity contribution in [3.8, 4) is 0 Å². The van der Waals surface area contributed by atoms with Crippen molar-refractivity contribution in [1.82, 2.24) is 0 Å². The van der Waals surface area contributed by atoms with Crippen molar-refractivity contribution in [3.63, 3.8) is 0 Å². The Labute approximate surface area is 103 Å². The van der Waals surface area contributed by atoms with Crippen LogP contribution in [0.2, 0.25) is 0 Å². The van der Waals surface area contributed by atoms with E-state index >= 15 is 0 Å². The average molecular weight is 368 g/mol. The molecule has 2 aromatic rings. The summed E-state index contributed by atoms with van der Waals surface area (Å²) in [6.45, 7) is 0. The molecule has 0 spiro atoms. The lowest BCUT2D eigenvalue weighted by atomic mass is 10.2. The van der Waals surface area contributed by atoms with E-state index in [1.165, 1.54) is 19.2 Å². The molecule has 4 heteroatoms. The molecule has 68 valence electrons. The summed E-state index contributed by atoms with van der Waals surface area (Å²) >= 11 is 7.47. The largest absolute Gasteiger partial charge is 0.391 e. The van der Waals surface area contributed by atoms with Gasteiger partial charge in [0.05, 0.1) is 5.00 Å². The van der Waals surface area contributed by atoms with E-state index in [0.29, 0.717) is 0 Å². The van der Waals surface area contributed by atoms with Gasteiger partial charge in [0.25, 0.3) is 0 Å². The number of anilines is 1. The summed E-state index contributed by atoms with van der Waals surface area (Å²) < 4.78 is 2.56. The third-order valence-corrected chi connectivity index (χ3v) is 4.10. The average Bonchev–Trinajstić information content (AvgIpc) is 2.43. The maximum Gasteiger partial charge on any atom is 0.0868 e. The fourth-order valence-corrected chi connectivity index (χ4v) is 3.56. The Morgan fingerprint density at radius 2 is 2.15 bits per heavy atom. The van der Waals surface area contributed by atoms with Crippen LogP contribution in [-0.2, 0) is 5.33 Å². The first kappa shape index (κ1) is 9.73. The van der Waals surface area contributed by atoms with Crippen LogP contribution in [0.25, 0.3) is 10.1 Å². The van der Waals surface area contributed by atoms with Crippen LogP contribution in [0, 0.1) is 3.57 Å². The van der Waals surface area contributed by atoms with Gasteiger partial charge >= 0.3 is 0 Å². The third kappa shape index (κ3) is 1.85. The molecule has 0 bridgehead atoms. The molecule has 0 amide bonds. The zero-order valence-electron chi connectivity index (χ0n) is 6.68. The SMILES string of the molecule is Nc1cc2cc(I)cc(CBr)c2s1. The highest BCUT2D eigenvalue weighted by Crippen LogP contribution is 2.32. The van der Waals surface area contributed by atoms with Crippen LogP contribution < -0.4 is 5.73 Å². The molecule has 0 fully saturated rings. The summed E-state index contributed by atoms with van der Waals surface area (Å²) in [4.78, 5) is 0. The fraction of sp³-hybridized carbons (Fsp3) is 0.111. The number of hydrogen-bond acceptors (Lipinski definition) is 2. The second kappa shape index (κ2) is 3.74. The molecule has 1 heterocycles. The Balaban J connectivity index is 2.80. The Morgan fingerprint density at radius 3 is 2.85 bits per heavy atom. The van der Waals surface area contributed by atoms with Gasteiger partial charge in [-0.2, -0.15) is 0 Å². The molecule has 1 aromatic carbocycles. The summed E-state index contributed by atoms with van der Waals surface area (Å²) in [5, 5.41) is 3.03. The van der Waals surface area contributed by atoms with E-state index in [0.717, 1.165) is 10.3 Å². The topological polar surface area (TPSA) is 26.0 Å². The minimum absolute atomic E-state index is 0.888. The van der Waals surface area contributed by atoms with Gasteiger partial charge in [0.2, 0.25) is 0 Å². The lowest BCUT2D eigenvalue weighted by Gasteiger charge is -1.98. The van der Waals surface area contributed by atoms with Crippen molar-refractivity contribution >= 4 is 64.9 Å². The van der Waals surface area contributed by atoms with E-state index in [1.54, 1.807) is 11.3 Å². The van der Waals surface area contributed by atoms with Gasteiger partial charge in [0.15, 0.2) is 0 Å². The third-order valence-electron chi connectivity index (χ3n) is 1.82. The predicted molar refractivity (Wildman–Crippen MR) is 71.6 cm³/mol. The maximum absolute atomic E-state index is 5.76. The van der Waals surface area contributed by atoms with Crippen LogP contribution in [0.5, 0.6) is 0 Å². The molecule has 2 N–H and O–H groups in total. The lowest BCUT2D eigenvalue weighted by molar-refractivity contribution is 1.49. The van der Waals surface area contributed by atoms with Crippen LogP contribution in [0.3, 0.4) is 0 Å². The maximum atomic E-state index is 5.76. The second-order valence-corrected chi connectivity index (χ2v) is 5.66. The van der Waals surface area contributed by atoms with Crippen molar-refractivity contribution in [2.75, 3.05) is 5.73 Å². The van der Waals surface area contributed by atoms with Crippen LogP contribution in [0.15, 0.2) is 18.2 Å². The zero-order chi connectivity index (χ0) is 9.42. The number of halogens is 2. The van der Waals surface area contributed by atoms with Crippen molar-refractivity contribution in [2.24, 2.45) is 0 Å². The van der Waals surface area contributed by atoms with Gasteiger partial charge in [-0.05, 0) is 51.7 Å². The number of hydrogen-bond donors (Lipinski definition) is 1. The molecule has 0 saturated heterocycles. The highest BCUT2D eigenvalue weighted by molar-refractivity contribution is 14.1. The molecule has 0 aliphatic heterocycles. The molecular weight excluding hydrogens is 361 g/mol. The van der Waals surface area contributed by atoms with E-state index in [-0.39, 0.29) is 0 Å². The highest BCUT2D eigenvalue weighted by atomic mass is 127. The molecule has 0 saturated carbocycles. The fourth-order valence-electron chi connectivity index (χ4n) is 1.30. The number of nitrogens with two attached hydrogens (primary N) is 1. The van der Waals surface area contributed by atoms with Gasteiger partial charge in [-0.1, -0.05) is 15.9 Å². The van der Waals surface area contributed by atoms with E-state index in [4.69, 9.17) is 5.73 Å². The van der Waals surface area contributed by atoms with Gasteiger partial charge in [-0.3, -0.25) is 0 Å². The van der Waals surface area contributed by atoms with E-state index in [2.05, 4.69) is 50.7 Å². The zero-order valence-corrected chi connectivity index (χ0v) is 11.2. The Bertz CT molecular complexity index is 452. The second-order valence-electron chi connectivity index (χ2n) is 2.77. The number of nitrogen functional groups attached to an aromatic ring is 1. The lowest BCUT2D eigenvalue weighted by Crippen LogP contribution is -1.79. The normalized spacial score (nSPS) is 10.9. The summed E-state index contributed by atoms with van der Waals surface area (Å²) in [6.07, 6.45) is 0. The van der Waals surface area contributed by atoms with E-state index < -0.39 is 0 Å². The molecular formula is C9H7BrINS. The van der Waals surface area contributed by atoms with Crippen LogP contribution in [-0.4, -0.2) is 0 Å². The Hall–Kier alpha value is 0.190. The first-order valence-corrected chi connectivity index (χ1v) is 6.76. The number of alkyl halides is 1. The van der Waals surface area contributed by atoms with Gasteiger partial charge < -0.3 is 5.73 Å². The molecule has 1 nitrogen and oxygen atoms in total. The van der Waals surface area contributed by atoms with Crippen molar-refractivity contribution in [3.05, 3.63) is 27.3 Å². The van der Waals surface area contributed by atoms with E-state index in [9.17, 15) is 0 Å². The van der Waals surface area contributed by atoms with Gasteiger partial charge in [-0.25, -0.2) is 0 Å². The Morgan fingerprint density at radius 1 is 1.38 bits per heavy atom. The van der Waals surface area contributed by atoms with E-state index in [1.807, 2.05) is 6.07 Å². The molecule has 0 radical (unpaired) electrons. The van der Waals surface area contributed by atoms with Gasteiger partial charge in [0.1, 0.15) is 0 Å². The van der Waals surface area contributed by atoms with Crippen LogP contribution >= 0.6 is 49.9 Å². The molecule has 2 rings (SSSR count). The number of benzene rings is 1. The molecule has 0 aliphatic carbocycles. The summed E-state index contributed by atoms with van der Waals surface area (Å²) in [5.74, 6) is 0. The van der Waals surface area contributed by atoms with Crippen molar-refractivity contribution in [2.45, 2.75) is 5.33 Å². The minimum atomic E-state index is 0.888. The summed E-state index contributed by atoms with van der Waals surface area (Å²) in [7, 11) is 0. The first-order valence-electron chi connectivity index (χ1n) is 3.74. The number of fused-ring (bicyclic) bond motifs is 1. The standard InChI is InChI=1S/C9H7BrINS/c10-4-6-2-7(11)1-5-3-8(12)13-9(5)6/h1-3H,4,12H2. The van der Waals surface area contributed by atoms with Gasteiger partial charge in [0, 0.05) is 13.6 Å². The minimum Gasteiger partial charge on any atom is -0.391 e. The van der Waals surface area contributed by atoms with Gasteiger partial charge in [-0.15, -0.1) is 11.3 Å². The molecule has 1 aromatic heterocycles. The molecule has 13 heavy (non-hydrogen) atoms. The molecule has 0 unspecified atom stereocenters. The summed E-state index contributed by atoms with van der Waals surface area (Å²) in [6, 6.07) is 6.39. The molecule has 0 atom stereocenters. The smallest absolute Gasteiger partial charge is 0.0868 e. The Kier molecular flexibility index (Phi) is 2.80. The highest BCUT2D eigenvalue weighted by Gasteiger charge is 2.05. The van der Waals surface area contributed by atoms with Crippen molar-refractivity contribution in [1.29, 1.82) is 0 Å². The quantitative estimate of drug-likeness (QED) is 0.598. The van der Waals surface area contributed by atoms with Crippen LogP contribution in [0.4, 0.5) is 5.00 Å². The number of rotatable bonds is 1. The predicted octanol–water partition coefficient (Wildman–Crippen LogP) is 3.98. The monoisotopic (exact) mass is 367 g/mol.